The number of hydrogen-bond acceptors (Lipinski definition) is 7. The zero-order chi connectivity index (χ0) is 35.8. The number of nitrogens with zero attached hydrogens (tertiary/aromatic N) is 3. The molecule has 0 bridgehead atoms. The first-order valence-corrected chi connectivity index (χ1v) is 18.8. The predicted molar refractivity (Wildman–Crippen MR) is 197 cm³/mol. The standard InChI is InChI=1S/C40H56N4O7/c1-3-37(45)41-38(33-12-8-5-9-13-33)40(47)43-18-16-42(17-19-43)39(46)34-14-15-36-35(29-34)28-31(2)44(36)20-21-48-22-23-49-24-25-50-26-27-51-30-32-10-6-4-7-11-32/h4,6-7,10-11,14-15,28-29,33,38H,3,5,8-9,12-13,16-27,30H2,1-2H3,(H,41,45)/t38-/m0/s1. The fourth-order valence-electron chi connectivity index (χ4n) is 7.05. The normalized spacial score (nSPS) is 16.0. The molecule has 0 spiro atoms. The molecule has 0 radical (unpaired) electrons. The van der Waals surface area contributed by atoms with Gasteiger partial charge in [-0.2, -0.15) is 0 Å². The monoisotopic (exact) mass is 704 g/mol. The van der Waals surface area contributed by atoms with E-state index in [-0.39, 0.29) is 23.6 Å². The van der Waals surface area contributed by atoms with Gasteiger partial charge in [-0.15, -0.1) is 0 Å². The lowest BCUT2D eigenvalue weighted by molar-refractivity contribution is -0.139. The number of piperazine rings is 1. The van der Waals surface area contributed by atoms with Crippen LogP contribution >= 0.6 is 0 Å². The summed E-state index contributed by atoms with van der Waals surface area (Å²) >= 11 is 0. The van der Waals surface area contributed by atoms with Gasteiger partial charge in [0.1, 0.15) is 6.04 Å². The molecule has 2 aromatic carbocycles. The number of amides is 3. The van der Waals surface area contributed by atoms with Gasteiger partial charge >= 0.3 is 0 Å². The highest BCUT2D eigenvalue weighted by Gasteiger charge is 2.35. The summed E-state index contributed by atoms with van der Waals surface area (Å²) in [6.07, 6.45) is 5.68. The van der Waals surface area contributed by atoms with Crippen LogP contribution in [0.25, 0.3) is 10.9 Å². The van der Waals surface area contributed by atoms with Crippen LogP contribution in [0.3, 0.4) is 0 Å². The average molecular weight is 705 g/mol. The van der Waals surface area contributed by atoms with Gasteiger partial charge in [0.25, 0.3) is 5.91 Å². The lowest BCUT2D eigenvalue weighted by atomic mass is 9.83. The molecule has 1 saturated heterocycles. The summed E-state index contributed by atoms with van der Waals surface area (Å²) in [7, 11) is 0. The second kappa shape index (κ2) is 20.3. The number of ether oxygens (including phenoxy) is 4. The molecule has 11 nitrogen and oxygen atoms in total. The van der Waals surface area contributed by atoms with Gasteiger partial charge in [-0.05, 0) is 55.5 Å². The summed E-state index contributed by atoms with van der Waals surface area (Å²) < 4.78 is 24.9. The Morgan fingerprint density at radius 1 is 0.765 bits per heavy atom. The minimum Gasteiger partial charge on any atom is -0.377 e. The number of carbonyl (C=O) groups is 3. The topological polar surface area (TPSA) is 112 Å². The Kier molecular flexibility index (Phi) is 15.3. The SMILES string of the molecule is CCC(=O)N[C@H](C(=O)N1CCN(C(=O)c2ccc3c(c2)cc(C)n3CCOCCOCCOCCOCc2ccccc2)CC1)C1CCCCC1. The molecule has 2 fully saturated rings. The van der Waals surface area contributed by atoms with Crippen molar-refractivity contribution in [3.63, 3.8) is 0 Å². The molecule has 0 unspecified atom stereocenters. The predicted octanol–water partition coefficient (Wildman–Crippen LogP) is 4.98. The van der Waals surface area contributed by atoms with Crippen molar-refractivity contribution in [1.82, 2.24) is 19.7 Å². The molecule has 1 atom stereocenters. The van der Waals surface area contributed by atoms with Crippen molar-refractivity contribution in [1.29, 1.82) is 0 Å². The fraction of sp³-hybridized carbons (Fsp3) is 0.575. The van der Waals surface area contributed by atoms with Gasteiger partial charge < -0.3 is 38.6 Å². The van der Waals surface area contributed by atoms with Crippen molar-refractivity contribution in [2.75, 3.05) is 72.4 Å². The van der Waals surface area contributed by atoms with Crippen molar-refractivity contribution in [3.8, 4) is 0 Å². The Morgan fingerprint density at radius 3 is 2.06 bits per heavy atom. The average Bonchev–Trinajstić information content (AvgIpc) is 3.49. The maximum absolute atomic E-state index is 13.6. The first-order chi connectivity index (χ1) is 24.9. The van der Waals surface area contributed by atoms with E-state index in [4.69, 9.17) is 18.9 Å². The molecule has 2 heterocycles. The zero-order valence-corrected chi connectivity index (χ0v) is 30.5. The first-order valence-electron chi connectivity index (χ1n) is 18.8. The number of carbonyl (C=O) groups excluding carboxylic acids is 3. The zero-order valence-electron chi connectivity index (χ0n) is 30.5. The van der Waals surface area contributed by atoms with Gasteiger partial charge in [0.2, 0.25) is 11.8 Å². The quantitative estimate of drug-likeness (QED) is 0.176. The molecule has 278 valence electrons. The van der Waals surface area contributed by atoms with Gasteiger partial charge in [-0.1, -0.05) is 56.5 Å². The third-order valence-electron chi connectivity index (χ3n) is 9.95. The highest BCUT2D eigenvalue weighted by molar-refractivity contribution is 5.98. The van der Waals surface area contributed by atoms with E-state index in [0.717, 1.165) is 47.8 Å². The second-order valence-corrected chi connectivity index (χ2v) is 13.5. The first kappa shape index (κ1) is 38.5. The smallest absolute Gasteiger partial charge is 0.253 e. The molecule has 5 rings (SSSR count). The summed E-state index contributed by atoms with van der Waals surface area (Å²) in [5, 5.41) is 4.04. The molecule has 51 heavy (non-hydrogen) atoms. The van der Waals surface area contributed by atoms with Crippen LogP contribution in [0.15, 0.2) is 54.6 Å². The number of benzene rings is 2. The van der Waals surface area contributed by atoms with E-state index in [0.29, 0.717) is 97.6 Å². The number of hydrogen-bond donors (Lipinski definition) is 1. The summed E-state index contributed by atoms with van der Waals surface area (Å²) in [6.45, 7) is 10.7. The molecule has 3 aromatic rings. The van der Waals surface area contributed by atoms with Gasteiger partial charge in [-0.25, -0.2) is 0 Å². The van der Waals surface area contributed by atoms with Gasteiger partial charge in [-0.3, -0.25) is 14.4 Å². The van der Waals surface area contributed by atoms with Crippen LogP contribution < -0.4 is 5.32 Å². The summed E-state index contributed by atoms with van der Waals surface area (Å²) in [6, 6.07) is 17.6. The molecule has 1 saturated carbocycles. The second-order valence-electron chi connectivity index (χ2n) is 13.5. The summed E-state index contributed by atoms with van der Waals surface area (Å²) in [5.74, 6) is 0.0666. The van der Waals surface area contributed by atoms with E-state index in [2.05, 4.69) is 22.9 Å². The number of aryl methyl sites for hydroxylation is 1. The van der Waals surface area contributed by atoms with E-state index in [9.17, 15) is 14.4 Å². The minimum absolute atomic E-state index is 0.00714. The van der Waals surface area contributed by atoms with Crippen molar-refractivity contribution in [2.45, 2.75) is 71.6 Å². The Balaban J connectivity index is 0.991. The third-order valence-corrected chi connectivity index (χ3v) is 9.95. The lowest BCUT2D eigenvalue weighted by Gasteiger charge is -2.39. The van der Waals surface area contributed by atoms with E-state index in [1.54, 1.807) is 0 Å². The van der Waals surface area contributed by atoms with Crippen LogP contribution in [-0.4, -0.2) is 111 Å². The molecule has 3 amide bonds. The lowest BCUT2D eigenvalue weighted by Crippen LogP contribution is -2.57. The molecule has 1 aliphatic carbocycles. The Hall–Kier alpha value is -3.77. The van der Waals surface area contributed by atoms with Crippen LogP contribution in [0.5, 0.6) is 0 Å². The van der Waals surface area contributed by atoms with E-state index < -0.39 is 6.04 Å². The highest BCUT2D eigenvalue weighted by atomic mass is 16.6. The van der Waals surface area contributed by atoms with Crippen molar-refractivity contribution in [3.05, 3.63) is 71.4 Å². The largest absolute Gasteiger partial charge is 0.377 e. The summed E-state index contributed by atoms with van der Waals surface area (Å²) in [4.78, 5) is 43.1. The maximum Gasteiger partial charge on any atom is 0.253 e. The third kappa shape index (κ3) is 11.4. The molecule has 1 aliphatic heterocycles. The van der Waals surface area contributed by atoms with Gasteiger partial charge in [0.05, 0.1) is 52.9 Å². The van der Waals surface area contributed by atoms with Crippen molar-refractivity contribution in [2.24, 2.45) is 5.92 Å². The number of rotatable bonds is 19. The number of nitrogens with one attached hydrogen (secondary N) is 1. The molecule has 1 aromatic heterocycles. The number of fused-ring (bicyclic) bond motifs is 1. The van der Waals surface area contributed by atoms with Crippen molar-refractivity contribution < 1.29 is 33.3 Å². The van der Waals surface area contributed by atoms with Crippen LogP contribution in [-0.2, 0) is 41.7 Å². The van der Waals surface area contributed by atoms with Crippen molar-refractivity contribution >= 4 is 28.6 Å². The van der Waals surface area contributed by atoms with E-state index in [1.165, 1.54) is 6.42 Å². The van der Waals surface area contributed by atoms with Gasteiger partial charge in [0, 0.05) is 61.3 Å². The fourth-order valence-corrected chi connectivity index (χ4v) is 7.05. The van der Waals surface area contributed by atoms with Crippen LogP contribution in [0.1, 0.15) is 67.1 Å². The molecule has 1 N–H and O–H groups in total. The minimum atomic E-state index is -0.472. The Labute approximate surface area is 302 Å². The van der Waals surface area contributed by atoms with Gasteiger partial charge in [0.15, 0.2) is 0 Å². The molecular weight excluding hydrogens is 648 g/mol. The molecule has 2 aliphatic rings. The van der Waals surface area contributed by atoms with Crippen LogP contribution in [0.4, 0.5) is 0 Å². The Morgan fingerprint density at radius 2 is 1.39 bits per heavy atom. The number of aromatic nitrogens is 1. The molecular formula is C40H56N4O7. The van der Waals surface area contributed by atoms with E-state index in [1.807, 2.05) is 65.3 Å². The van der Waals surface area contributed by atoms with E-state index >= 15 is 0 Å². The van der Waals surface area contributed by atoms with Crippen LogP contribution in [0.2, 0.25) is 0 Å². The summed E-state index contributed by atoms with van der Waals surface area (Å²) in [5.41, 5.74) is 3.97. The highest BCUT2D eigenvalue weighted by Crippen LogP contribution is 2.28. The Bertz CT molecular complexity index is 1530. The maximum atomic E-state index is 13.6. The molecule has 11 heteroatoms. The van der Waals surface area contributed by atoms with Crippen LogP contribution in [0, 0.1) is 12.8 Å².